The zero-order chi connectivity index (χ0) is 28.9. The molecule has 5 rings (SSSR count). The summed E-state index contributed by atoms with van der Waals surface area (Å²) in [5, 5.41) is 11.7. The summed E-state index contributed by atoms with van der Waals surface area (Å²) in [6, 6.07) is 23.4. The van der Waals surface area contributed by atoms with Gasteiger partial charge in [-0.15, -0.1) is 0 Å². The zero-order valence-electron chi connectivity index (χ0n) is 24.7. The Bertz CT molecular complexity index is 1460. The molecule has 3 aromatic rings. The van der Waals surface area contributed by atoms with E-state index in [2.05, 4.69) is 98.3 Å². The molecule has 1 fully saturated rings. The van der Waals surface area contributed by atoms with E-state index < -0.39 is 0 Å². The lowest BCUT2D eigenvalue weighted by Crippen LogP contribution is -2.28. The van der Waals surface area contributed by atoms with Crippen LogP contribution in [0, 0.1) is 19.8 Å². The summed E-state index contributed by atoms with van der Waals surface area (Å²) >= 11 is 1.79. The lowest BCUT2D eigenvalue weighted by molar-refractivity contribution is 0.0951. The predicted molar refractivity (Wildman–Crippen MR) is 172 cm³/mol. The highest BCUT2D eigenvalue weighted by molar-refractivity contribution is 8.07. The minimum Gasteiger partial charge on any atom is -0.496 e. The molecule has 2 aliphatic rings. The van der Waals surface area contributed by atoms with Gasteiger partial charge in [0.2, 0.25) is 0 Å². The number of hydrogen-bond acceptors (Lipinski definition) is 5. The number of thioether (sulfide) groups is 1. The Kier molecular flexibility index (Phi) is 9.21. The normalized spacial score (nSPS) is 17.9. The molecule has 41 heavy (non-hydrogen) atoms. The maximum atomic E-state index is 12.8. The van der Waals surface area contributed by atoms with Gasteiger partial charge in [-0.05, 0) is 98.0 Å². The number of methoxy groups -OCH3 is 1. The van der Waals surface area contributed by atoms with Crippen LogP contribution in [0.5, 0.6) is 5.75 Å². The van der Waals surface area contributed by atoms with Crippen LogP contribution in [0.4, 0.5) is 5.69 Å². The highest BCUT2D eigenvalue weighted by Crippen LogP contribution is 2.44. The molecule has 1 saturated carbocycles. The number of ether oxygens (including phenoxy) is 1. The van der Waals surface area contributed by atoms with Crippen LogP contribution in [-0.2, 0) is 6.54 Å². The minimum atomic E-state index is 0.00292. The SMILES string of the molecule is COc1ccc(C2=C(C(C)NCc3ccccc3)SC(Nc3cc(C(=O)NC4CC4)ccc3C)=CC[C@H]2C)cc1C. The Labute approximate surface area is 248 Å². The van der Waals surface area contributed by atoms with E-state index in [1.54, 1.807) is 18.9 Å². The molecule has 3 aromatic carbocycles. The van der Waals surface area contributed by atoms with Crippen LogP contribution in [0.15, 0.2) is 82.7 Å². The summed E-state index contributed by atoms with van der Waals surface area (Å²) in [5.41, 5.74) is 7.75. The van der Waals surface area contributed by atoms with Gasteiger partial charge in [0.05, 0.1) is 12.1 Å². The van der Waals surface area contributed by atoms with Crippen molar-refractivity contribution in [3.63, 3.8) is 0 Å². The molecule has 5 nitrogen and oxygen atoms in total. The van der Waals surface area contributed by atoms with Crippen LogP contribution < -0.4 is 20.7 Å². The molecule has 0 spiro atoms. The van der Waals surface area contributed by atoms with Gasteiger partial charge in [0.25, 0.3) is 5.91 Å². The zero-order valence-corrected chi connectivity index (χ0v) is 25.5. The molecule has 1 aliphatic carbocycles. The fourth-order valence-electron chi connectivity index (χ4n) is 5.22. The number of rotatable bonds is 10. The topological polar surface area (TPSA) is 62.4 Å². The van der Waals surface area contributed by atoms with E-state index in [0.717, 1.165) is 53.4 Å². The second-order valence-corrected chi connectivity index (χ2v) is 12.3. The summed E-state index contributed by atoms with van der Waals surface area (Å²) in [4.78, 5) is 14.1. The van der Waals surface area contributed by atoms with Crippen molar-refractivity contribution in [1.82, 2.24) is 10.6 Å². The third kappa shape index (κ3) is 7.24. The molecule has 1 heterocycles. The van der Waals surface area contributed by atoms with Gasteiger partial charge >= 0.3 is 0 Å². The van der Waals surface area contributed by atoms with Gasteiger partial charge in [-0.25, -0.2) is 0 Å². The molecular formula is C35H41N3O2S. The molecule has 2 atom stereocenters. The molecule has 1 amide bonds. The van der Waals surface area contributed by atoms with Gasteiger partial charge in [0, 0.05) is 34.8 Å². The molecule has 0 radical (unpaired) electrons. The number of anilines is 1. The number of allylic oxidation sites excluding steroid dienone is 2. The fourth-order valence-corrected chi connectivity index (χ4v) is 6.48. The van der Waals surface area contributed by atoms with Crippen molar-refractivity contribution < 1.29 is 9.53 Å². The molecule has 3 N–H and O–H groups in total. The molecule has 1 unspecified atom stereocenters. The number of benzene rings is 3. The van der Waals surface area contributed by atoms with E-state index in [-0.39, 0.29) is 11.9 Å². The van der Waals surface area contributed by atoms with Gasteiger partial charge < -0.3 is 20.7 Å². The van der Waals surface area contributed by atoms with Crippen LogP contribution in [0.1, 0.15) is 65.7 Å². The van der Waals surface area contributed by atoms with E-state index in [9.17, 15) is 4.79 Å². The van der Waals surface area contributed by atoms with Gasteiger partial charge in [0.15, 0.2) is 0 Å². The summed E-state index contributed by atoms with van der Waals surface area (Å²) in [5.74, 6) is 1.23. The fraction of sp³-hybridized carbons (Fsp3) is 0.343. The Balaban J connectivity index is 1.46. The number of hydrogen-bond donors (Lipinski definition) is 3. The Morgan fingerprint density at radius 1 is 1.02 bits per heavy atom. The van der Waals surface area contributed by atoms with Crippen molar-refractivity contribution in [2.45, 2.75) is 65.6 Å². The van der Waals surface area contributed by atoms with Crippen LogP contribution in [0.3, 0.4) is 0 Å². The lowest BCUT2D eigenvalue weighted by atomic mass is 9.89. The van der Waals surface area contributed by atoms with Crippen LogP contribution in [0.2, 0.25) is 0 Å². The molecule has 6 heteroatoms. The first-order chi connectivity index (χ1) is 19.8. The number of nitrogens with one attached hydrogen (secondary N) is 3. The average molecular weight is 568 g/mol. The highest BCUT2D eigenvalue weighted by atomic mass is 32.2. The smallest absolute Gasteiger partial charge is 0.251 e. The third-order valence-corrected chi connectivity index (χ3v) is 9.14. The summed E-state index contributed by atoms with van der Waals surface area (Å²) in [7, 11) is 1.72. The second kappa shape index (κ2) is 13.0. The summed E-state index contributed by atoms with van der Waals surface area (Å²) < 4.78 is 5.56. The van der Waals surface area contributed by atoms with Crippen LogP contribution in [0.25, 0.3) is 5.57 Å². The maximum absolute atomic E-state index is 12.8. The number of aryl methyl sites for hydroxylation is 2. The first-order valence-corrected chi connectivity index (χ1v) is 15.4. The molecule has 0 saturated heterocycles. The number of carbonyl (C=O) groups excluding carboxylic acids is 1. The first kappa shape index (κ1) is 29.0. The average Bonchev–Trinajstić information content (AvgIpc) is 3.81. The maximum Gasteiger partial charge on any atom is 0.251 e. The monoisotopic (exact) mass is 567 g/mol. The third-order valence-electron chi connectivity index (χ3n) is 7.86. The van der Waals surface area contributed by atoms with E-state index in [1.165, 1.54) is 21.6 Å². The Morgan fingerprint density at radius 3 is 2.51 bits per heavy atom. The largest absolute Gasteiger partial charge is 0.496 e. The van der Waals surface area contributed by atoms with E-state index in [0.29, 0.717) is 17.5 Å². The minimum absolute atomic E-state index is 0.00292. The number of carbonyl (C=O) groups is 1. The van der Waals surface area contributed by atoms with Crippen molar-refractivity contribution in [2.75, 3.05) is 12.4 Å². The molecule has 0 bridgehead atoms. The van der Waals surface area contributed by atoms with Crippen LogP contribution >= 0.6 is 11.8 Å². The molecule has 214 valence electrons. The number of amides is 1. The Hall–Kier alpha value is -3.48. The highest BCUT2D eigenvalue weighted by Gasteiger charge is 2.26. The quantitative estimate of drug-likeness (QED) is 0.233. The van der Waals surface area contributed by atoms with Crippen molar-refractivity contribution in [3.05, 3.63) is 111 Å². The standard InChI is InChI=1S/C35H41N3O2S/c1-22-11-13-28(35(39)37-29-15-16-29)20-30(22)38-32-18-12-23(2)33(27-14-17-31(40-5)24(3)19-27)34(41-32)25(4)36-21-26-9-7-6-8-10-26/h6-11,13-14,17-20,23,25,29,36,38H,12,15-16,21H2,1-5H3,(H,37,39)/t23-,25?/m1/s1. The van der Waals surface area contributed by atoms with Crippen LogP contribution in [-0.4, -0.2) is 25.1 Å². The van der Waals surface area contributed by atoms with E-state index in [1.807, 2.05) is 18.2 Å². The summed E-state index contributed by atoms with van der Waals surface area (Å²) in [6.45, 7) is 9.55. The molecular weight excluding hydrogens is 526 g/mol. The lowest BCUT2D eigenvalue weighted by Gasteiger charge is -2.25. The molecule has 1 aliphatic heterocycles. The van der Waals surface area contributed by atoms with Gasteiger partial charge in [-0.1, -0.05) is 67.2 Å². The van der Waals surface area contributed by atoms with Crippen molar-refractivity contribution in [2.24, 2.45) is 5.92 Å². The van der Waals surface area contributed by atoms with Gasteiger partial charge in [-0.2, -0.15) is 0 Å². The van der Waals surface area contributed by atoms with E-state index in [4.69, 9.17) is 4.74 Å². The van der Waals surface area contributed by atoms with E-state index >= 15 is 0 Å². The summed E-state index contributed by atoms with van der Waals surface area (Å²) in [6.07, 6.45) is 5.36. The van der Waals surface area contributed by atoms with Gasteiger partial charge in [-0.3, -0.25) is 4.79 Å². The second-order valence-electron chi connectivity index (χ2n) is 11.3. The molecule has 0 aromatic heterocycles. The van der Waals surface area contributed by atoms with Crippen molar-refractivity contribution in [1.29, 1.82) is 0 Å². The predicted octanol–water partition coefficient (Wildman–Crippen LogP) is 7.82. The Morgan fingerprint density at radius 2 is 1.80 bits per heavy atom. The van der Waals surface area contributed by atoms with Gasteiger partial charge in [0.1, 0.15) is 5.75 Å². The van der Waals surface area contributed by atoms with Crippen molar-refractivity contribution >= 4 is 28.9 Å². The first-order valence-electron chi connectivity index (χ1n) is 14.5. The van der Waals surface area contributed by atoms with Crippen molar-refractivity contribution in [3.8, 4) is 5.75 Å².